The average Bonchev–Trinajstić information content (AvgIpc) is 2.98. The molecule has 15 heteroatoms. The monoisotopic (exact) mass is 624 g/mol. The zero-order valence-electron chi connectivity index (χ0n) is 24.9. The van der Waals surface area contributed by atoms with Gasteiger partial charge in [0.25, 0.3) is 5.91 Å². The summed E-state index contributed by atoms with van der Waals surface area (Å²) in [6.07, 6.45) is 5.78. The van der Waals surface area contributed by atoms with Crippen molar-refractivity contribution in [2.45, 2.75) is 45.2 Å². The van der Waals surface area contributed by atoms with Gasteiger partial charge in [0.05, 0.1) is 5.56 Å². The van der Waals surface area contributed by atoms with Gasteiger partial charge in [0.2, 0.25) is 0 Å². The topological polar surface area (TPSA) is 193 Å². The number of aldehydes is 1. The van der Waals surface area contributed by atoms with Gasteiger partial charge in [-0.3, -0.25) is 14.5 Å². The Kier molecular flexibility index (Phi) is 15.2. The third-order valence-electron chi connectivity index (χ3n) is 7.19. The molecule has 1 amide bonds. The van der Waals surface area contributed by atoms with Crippen LogP contribution >= 0.6 is 23.6 Å². The van der Waals surface area contributed by atoms with Gasteiger partial charge in [-0.25, -0.2) is 15.0 Å². The van der Waals surface area contributed by atoms with Gasteiger partial charge in [0, 0.05) is 56.8 Å². The van der Waals surface area contributed by atoms with Crippen molar-refractivity contribution in [1.29, 1.82) is 0 Å². The van der Waals surface area contributed by atoms with E-state index in [-0.39, 0.29) is 16.7 Å². The number of nitrogens with zero attached hydrogens (tertiary/aromatic N) is 6. The van der Waals surface area contributed by atoms with Crippen molar-refractivity contribution in [3.63, 3.8) is 0 Å². The fourth-order valence-electron chi connectivity index (χ4n) is 4.98. The van der Waals surface area contributed by atoms with Gasteiger partial charge in [-0.05, 0) is 70.5 Å². The van der Waals surface area contributed by atoms with Crippen LogP contribution in [0, 0.1) is 6.92 Å². The van der Waals surface area contributed by atoms with Crippen LogP contribution in [0.3, 0.4) is 0 Å². The van der Waals surface area contributed by atoms with Gasteiger partial charge in [0.15, 0.2) is 28.8 Å². The maximum Gasteiger partial charge on any atom is 0.273 e. The van der Waals surface area contributed by atoms with E-state index in [1.807, 2.05) is 6.92 Å². The molecule has 4 heterocycles. The lowest BCUT2D eigenvalue weighted by Crippen LogP contribution is -2.58. The highest BCUT2D eigenvalue weighted by Crippen LogP contribution is 2.29. The lowest BCUT2D eigenvalue weighted by molar-refractivity contribution is 0.0701. The van der Waals surface area contributed by atoms with E-state index < -0.39 is 5.91 Å². The Bertz CT molecular complexity index is 1150. The van der Waals surface area contributed by atoms with Crippen molar-refractivity contribution in [2.75, 3.05) is 75.5 Å². The first kappa shape index (κ1) is 35.4. The second-order valence-corrected chi connectivity index (χ2v) is 10.8. The number of nitrogens with one attached hydrogen (secondary N) is 1. The number of halogens is 1. The molecule has 42 heavy (non-hydrogen) atoms. The molecular weight excluding hydrogens is 580 g/mol. The highest BCUT2D eigenvalue weighted by molar-refractivity contribution is 7.93. The number of carbonyl (C=O) groups is 2. The molecule has 0 saturated carbocycles. The van der Waals surface area contributed by atoms with Gasteiger partial charge >= 0.3 is 0 Å². The lowest BCUT2D eigenvalue weighted by atomic mass is 9.98. The zero-order valence-corrected chi connectivity index (χ0v) is 26.5. The Labute approximate surface area is 257 Å². The molecule has 8 N–H and O–H groups in total. The van der Waals surface area contributed by atoms with Crippen molar-refractivity contribution in [3.8, 4) is 0 Å². The third-order valence-corrected chi connectivity index (χ3v) is 7.44. The minimum Gasteiger partial charge on any atom is -0.383 e. The van der Waals surface area contributed by atoms with Gasteiger partial charge in [-0.2, -0.15) is 0 Å². The van der Waals surface area contributed by atoms with E-state index in [1.165, 1.54) is 12.8 Å². The summed E-state index contributed by atoms with van der Waals surface area (Å²) in [5.41, 5.74) is 18.2. The standard InChI is InChI=1S/C19H33ClN8O.C7H8N2O.CH4OS/c1-3-13-12-27(10-11-28(13)14-4-8-26(2)9-5-14)18-16(20)24-15(17(22)25-18)19(29)23-7-6-21;1-5-2-3-6(4-10)7(8)9-5;1-3-2/h13-14H,3-12,21H2,1-2H3,(H2,22,25)(H,23,29);2-4H,1H3,(H2,8,9);2H,1H3. The summed E-state index contributed by atoms with van der Waals surface area (Å²) in [6.45, 7) is 9.65. The van der Waals surface area contributed by atoms with Gasteiger partial charge in [-0.15, -0.1) is 0 Å². The summed E-state index contributed by atoms with van der Waals surface area (Å²) >= 11 is 7.16. The van der Waals surface area contributed by atoms with Crippen molar-refractivity contribution in [2.24, 2.45) is 5.73 Å². The van der Waals surface area contributed by atoms with Gasteiger partial charge in [-0.1, -0.05) is 18.5 Å². The Balaban J connectivity index is 0.000000394. The molecule has 2 saturated heterocycles. The molecule has 1 atom stereocenters. The Hall–Kier alpha value is -2.75. The van der Waals surface area contributed by atoms with E-state index in [9.17, 15) is 9.59 Å². The van der Waals surface area contributed by atoms with E-state index in [2.05, 4.69) is 48.9 Å². The molecule has 0 spiro atoms. The van der Waals surface area contributed by atoms with Crippen molar-refractivity contribution in [3.05, 3.63) is 34.2 Å². The first-order chi connectivity index (χ1) is 20.1. The predicted octanol–water partition coefficient (Wildman–Crippen LogP) is 2.00. The third kappa shape index (κ3) is 10.2. The SMILES string of the molecule is CCC1CN(c2nc(N)c(C(=O)NCCN)nc2Cl)CCN1C1CCN(C)CC1.CSO.Cc1ccc(C=O)c(N)n1. The minimum atomic E-state index is -0.410. The molecule has 2 aromatic heterocycles. The molecule has 13 nitrogen and oxygen atoms in total. The van der Waals surface area contributed by atoms with Crippen LogP contribution in [0.15, 0.2) is 12.1 Å². The number of hydrogen-bond acceptors (Lipinski definition) is 13. The quantitative estimate of drug-likeness (QED) is 0.222. The van der Waals surface area contributed by atoms with Crippen molar-refractivity contribution >= 4 is 53.3 Å². The van der Waals surface area contributed by atoms with Crippen LogP contribution in [0.5, 0.6) is 0 Å². The molecule has 0 aliphatic carbocycles. The molecular formula is C27H45ClN10O3S. The van der Waals surface area contributed by atoms with Crippen LogP contribution < -0.4 is 27.4 Å². The number of amides is 1. The summed E-state index contributed by atoms with van der Waals surface area (Å²) < 4.78 is 7.49. The molecule has 234 valence electrons. The van der Waals surface area contributed by atoms with Crippen LogP contribution in [-0.2, 0) is 0 Å². The lowest BCUT2D eigenvalue weighted by Gasteiger charge is -2.47. The van der Waals surface area contributed by atoms with E-state index in [4.69, 9.17) is 33.4 Å². The number of piperidine rings is 1. The maximum absolute atomic E-state index is 12.2. The van der Waals surface area contributed by atoms with Crippen molar-refractivity contribution in [1.82, 2.24) is 30.1 Å². The molecule has 0 aromatic carbocycles. The predicted molar refractivity (Wildman–Crippen MR) is 171 cm³/mol. The molecule has 0 bridgehead atoms. The molecule has 2 aromatic rings. The first-order valence-corrected chi connectivity index (χ1v) is 15.5. The largest absolute Gasteiger partial charge is 0.383 e. The number of aromatic nitrogens is 3. The Morgan fingerprint density at radius 2 is 1.83 bits per heavy atom. The fourth-order valence-corrected chi connectivity index (χ4v) is 5.22. The normalized spacial score (nSPS) is 17.9. The second kappa shape index (κ2) is 18.0. The van der Waals surface area contributed by atoms with Crippen molar-refractivity contribution < 1.29 is 14.1 Å². The Morgan fingerprint density at radius 1 is 1.17 bits per heavy atom. The number of aryl methyl sites for hydroxylation is 1. The van der Waals surface area contributed by atoms with Crippen LogP contribution in [0.4, 0.5) is 17.5 Å². The van der Waals surface area contributed by atoms with Gasteiger partial charge in [0.1, 0.15) is 5.82 Å². The highest BCUT2D eigenvalue weighted by atomic mass is 35.5. The number of nitrogen functional groups attached to an aromatic ring is 2. The van der Waals surface area contributed by atoms with Crippen LogP contribution in [0.2, 0.25) is 5.15 Å². The zero-order chi connectivity index (χ0) is 31.2. The number of pyridine rings is 1. The summed E-state index contributed by atoms with van der Waals surface area (Å²) in [7, 11) is 2.19. The fraction of sp³-hybridized carbons (Fsp3) is 0.593. The number of piperazine rings is 1. The number of hydrogen-bond donors (Lipinski definition) is 5. The number of rotatable bonds is 7. The average molecular weight is 625 g/mol. The van der Waals surface area contributed by atoms with Crippen LogP contribution in [-0.4, -0.2) is 113 Å². The van der Waals surface area contributed by atoms with E-state index >= 15 is 0 Å². The van der Waals surface area contributed by atoms with E-state index in [1.54, 1.807) is 18.4 Å². The number of anilines is 3. The summed E-state index contributed by atoms with van der Waals surface area (Å²) in [4.78, 5) is 42.1. The summed E-state index contributed by atoms with van der Waals surface area (Å²) in [6, 6.07) is 4.48. The summed E-state index contributed by atoms with van der Waals surface area (Å²) in [5.74, 6) is 0.535. The van der Waals surface area contributed by atoms with Gasteiger partial charge < -0.3 is 36.9 Å². The van der Waals surface area contributed by atoms with Crippen LogP contribution in [0.25, 0.3) is 0 Å². The molecule has 4 rings (SSSR count). The minimum absolute atomic E-state index is 0.0456. The highest BCUT2D eigenvalue weighted by Gasteiger charge is 2.34. The smallest absolute Gasteiger partial charge is 0.273 e. The molecule has 0 radical (unpaired) electrons. The Morgan fingerprint density at radius 3 is 2.40 bits per heavy atom. The first-order valence-electron chi connectivity index (χ1n) is 14.0. The van der Waals surface area contributed by atoms with E-state index in [0.29, 0.717) is 48.7 Å². The molecule has 2 aliphatic heterocycles. The van der Waals surface area contributed by atoms with E-state index in [0.717, 1.165) is 56.9 Å². The number of carbonyl (C=O) groups excluding carboxylic acids is 2. The van der Waals surface area contributed by atoms with Crippen LogP contribution in [0.1, 0.15) is 52.7 Å². The molecule has 1 unspecified atom stereocenters. The summed E-state index contributed by atoms with van der Waals surface area (Å²) in [5, 5.41) is 2.86. The second-order valence-electron chi connectivity index (χ2n) is 10.1. The molecule has 2 fully saturated rings. The molecule has 2 aliphatic rings. The number of likely N-dealkylation sites (tertiary alicyclic amines) is 1. The maximum atomic E-state index is 12.2. The number of nitrogens with two attached hydrogens (primary N) is 3.